The number of H-pyrrole nitrogens is 1. The molecule has 0 atom stereocenters. The number of fused-ring (bicyclic) bond motifs is 1. The van der Waals surface area contributed by atoms with E-state index >= 15 is 0 Å². The molecule has 2 heterocycles. The summed E-state index contributed by atoms with van der Waals surface area (Å²) < 4.78 is 0. The maximum atomic E-state index is 12.5. The number of piperazine rings is 1. The molecule has 0 bridgehead atoms. The number of aromatic amines is 1. The monoisotopic (exact) mass is 368 g/mol. The van der Waals surface area contributed by atoms with Crippen LogP contribution in [-0.4, -0.2) is 51.9 Å². The number of amides is 1. The van der Waals surface area contributed by atoms with Crippen molar-refractivity contribution in [3.05, 3.63) is 64.9 Å². The van der Waals surface area contributed by atoms with Crippen LogP contribution in [0.25, 0.3) is 11.0 Å². The Morgan fingerprint density at radius 1 is 1.04 bits per heavy atom. The van der Waals surface area contributed by atoms with E-state index in [1.807, 2.05) is 53.4 Å². The van der Waals surface area contributed by atoms with Crippen LogP contribution in [0, 0.1) is 0 Å². The second-order valence-corrected chi connectivity index (χ2v) is 7.10. The number of imidazole rings is 1. The molecule has 1 fully saturated rings. The summed E-state index contributed by atoms with van der Waals surface area (Å²) in [7, 11) is 0. The summed E-state index contributed by atoms with van der Waals surface area (Å²) in [5.74, 6) is 1.16. The van der Waals surface area contributed by atoms with Gasteiger partial charge in [0.1, 0.15) is 5.82 Å². The molecule has 1 aliphatic heterocycles. The molecule has 0 aliphatic carbocycles. The molecule has 2 aromatic carbocycles. The van der Waals surface area contributed by atoms with E-state index < -0.39 is 0 Å². The minimum absolute atomic E-state index is 0.177. The predicted octanol–water partition coefficient (Wildman–Crippen LogP) is 3.10. The molecule has 0 saturated carbocycles. The summed E-state index contributed by atoms with van der Waals surface area (Å²) in [4.78, 5) is 24.8. The van der Waals surface area contributed by atoms with E-state index in [2.05, 4.69) is 14.9 Å². The first kappa shape index (κ1) is 17.1. The molecule has 1 N–H and O–H groups in total. The summed E-state index contributed by atoms with van der Waals surface area (Å²) in [6, 6.07) is 15.6. The van der Waals surface area contributed by atoms with Crippen LogP contribution in [0.15, 0.2) is 48.5 Å². The fourth-order valence-electron chi connectivity index (χ4n) is 3.34. The Morgan fingerprint density at radius 3 is 2.50 bits per heavy atom. The van der Waals surface area contributed by atoms with Crippen LogP contribution in [0.4, 0.5) is 0 Å². The van der Waals surface area contributed by atoms with Crippen LogP contribution >= 0.6 is 11.6 Å². The molecule has 0 unspecified atom stereocenters. The van der Waals surface area contributed by atoms with Gasteiger partial charge in [0.2, 0.25) is 5.91 Å². The Morgan fingerprint density at radius 2 is 1.77 bits per heavy atom. The second kappa shape index (κ2) is 7.48. The number of carbonyl (C=O) groups excluding carboxylic acids is 1. The zero-order chi connectivity index (χ0) is 17.9. The minimum Gasteiger partial charge on any atom is -0.341 e. The van der Waals surface area contributed by atoms with Gasteiger partial charge in [0.15, 0.2) is 0 Å². The number of aromatic nitrogens is 2. The first-order valence-corrected chi connectivity index (χ1v) is 9.23. The number of rotatable bonds is 4. The van der Waals surface area contributed by atoms with E-state index in [9.17, 15) is 4.79 Å². The van der Waals surface area contributed by atoms with Crippen LogP contribution in [0.1, 0.15) is 11.4 Å². The number of nitrogens with zero attached hydrogens (tertiary/aromatic N) is 3. The van der Waals surface area contributed by atoms with Gasteiger partial charge in [-0.1, -0.05) is 35.9 Å². The van der Waals surface area contributed by atoms with E-state index in [1.54, 1.807) is 0 Å². The lowest BCUT2D eigenvalue weighted by molar-refractivity contribution is -0.132. The predicted molar refractivity (Wildman–Crippen MR) is 103 cm³/mol. The van der Waals surface area contributed by atoms with E-state index in [4.69, 9.17) is 11.6 Å². The van der Waals surface area contributed by atoms with Crippen LogP contribution in [0.3, 0.4) is 0 Å². The molecule has 0 radical (unpaired) electrons. The van der Waals surface area contributed by atoms with Crippen LogP contribution in [0.2, 0.25) is 5.02 Å². The molecule has 1 amide bonds. The Kier molecular flexibility index (Phi) is 4.91. The largest absolute Gasteiger partial charge is 0.341 e. The summed E-state index contributed by atoms with van der Waals surface area (Å²) >= 11 is 5.90. The summed E-state index contributed by atoms with van der Waals surface area (Å²) in [5.41, 5.74) is 3.07. The SMILES string of the molecule is O=C(Cc1ccc(Cl)cc1)N1CCN(Cc2nc3ccccc3[nH]2)CC1. The molecule has 1 aliphatic rings. The van der Waals surface area contributed by atoms with E-state index in [0.29, 0.717) is 11.4 Å². The van der Waals surface area contributed by atoms with Gasteiger partial charge in [0.25, 0.3) is 0 Å². The van der Waals surface area contributed by atoms with Crippen molar-refractivity contribution in [3.63, 3.8) is 0 Å². The number of hydrogen-bond acceptors (Lipinski definition) is 3. The summed E-state index contributed by atoms with van der Waals surface area (Å²) in [6.45, 7) is 4.03. The van der Waals surface area contributed by atoms with Gasteiger partial charge in [-0.3, -0.25) is 9.69 Å². The standard InChI is InChI=1S/C20H21ClN4O/c21-16-7-5-15(6-8-16)13-20(26)25-11-9-24(10-12-25)14-19-22-17-3-1-2-4-18(17)23-19/h1-8H,9-14H2,(H,22,23). The lowest BCUT2D eigenvalue weighted by Crippen LogP contribution is -2.48. The molecular weight excluding hydrogens is 348 g/mol. The topological polar surface area (TPSA) is 52.2 Å². The second-order valence-electron chi connectivity index (χ2n) is 6.66. The van der Waals surface area contributed by atoms with E-state index in [0.717, 1.165) is 55.1 Å². The number of halogens is 1. The molecule has 4 rings (SSSR count). The number of nitrogens with one attached hydrogen (secondary N) is 1. The Hall–Kier alpha value is -2.37. The van der Waals surface area contributed by atoms with Gasteiger partial charge in [-0.25, -0.2) is 4.98 Å². The number of hydrogen-bond donors (Lipinski definition) is 1. The number of carbonyl (C=O) groups is 1. The molecule has 6 heteroatoms. The third kappa shape index (κ3) is 3.89. The zero-order valence-corrected chi connectivity index (χ0v) is 15.2. The quantitative estimate of drug-likeness (QED) is 0.769. The van der Waals surface area contributed by atoms with Crippen molar-refractivity contribution in [1.82, 2.24) is 19.8 Å². The lowest BCUT2D eigenvalue weighted by Gasteiger charge is -2.34. The maximum absolute atomic E-state index is 12.5. The van der Waals surface area contributed by atoms with Crippen molar-refractivity contribution in [3.8, 4) is 0 Å². The normalized spacial score (nSPS) is 15.5. The highest BCUT2D eigenvalue weighted by atomic mass is 35.5. The zero-order valence-electron chi connectivity index (χ0n) is 14.5. The van der Waals surface area contributed by atoms with Crippen LogP contribution in [0.5, 0.6) is 0 Å². The average Bonchev–Trinajstić information content (AvgIpc) is 3.06. The third-order valence-electron chi connectivity index (χ3n) is 4.81. The lowest BCUT2D eigenvalue weighted by atomic mass is 10.1. The molecule has 0 spiro atoms. The minimum atomic E-state index is 0.177. The van der Waals surface area contributed by atoms with Gasteiger partial charge < -0.3 is 9.88 Å². The Balaban J connectivity index is 1.30. The van der Waals surface area contributed by atoms with Crippen molar-refractivity contribution in [1.29, 1.82) is 0 Å². The maximum Gasteiger partial charge on any atom is 0.227 e. The molecule has 1 aromatic heterocycles. The Labute approximate surface area is 157 Å². The van der Waals surface area contributed by atoms with Crippen molar-refractivity contribution < 1.29 is 4.79 Å². The van der Waals surface area contributed by atoms with Gasteiger partial charge in [-0.05, 0) is 29.8 Å². The first-order valence-electron chi connectivity index (χ1n) is 8.85. The third-order valence-corrected chi connectivity index (χ3v) is 5.06. The van der Waals surface area contributed by atoms with Gasteiger partial charge in [-0.15, -0.1) is 0 Å². The van der Waals surface area contributed by atoms with Crippen LogP contribution < -0.4 is 0 Å². The highest BCUT2D eigenvalue weighted by Gasteiger charge is 2.21. The molecule has 3 aromatic rings. The van der Waals surface area contributed by atoms with Crippen molar-refractivity contribution in [2.24, 2.45) is 0 Å². The van der Waals surface area contributed by atoms with E-state index in [1.165, 1.54) is 0 Å². The highest BCUT2D eigenvalue weighted by Crippen LogP contribution is 2.14. The van der Waals surface area contributed by atoms with Crippen molar-refractivity contribution in [2.75, 3.05) is 26.2 Å². The smallest absolute Gasteiger partial charge is 0.227 e. The van der Waals surface area contributed by atoms with Gasteiger partial charge >= 0.3 is 0 Å². The summed E-state index contributed by atoms with van der Waals surface area (Å²) in [5, 5.41) is 0.695. The van der Waals surface area contributed by atoms with Crippen molar-refractivity contribution in [2.45, 2.75) is 13.0 Å². The fraction of sp³-hybridized carbons (Fsp3) is 0.300. The van der Waals surface area contributed by atoms with Crippen molar-refractivity contribution >= 4 is 28.5 Å². The fourth-order valence-corrected chi connectivity index (χ4v) is 3.46. The number of benzene rings is 2. The summed E-state index contributed by atoms with van der Waals surface area (Å²) in [6.07, 6.45) is 0.431. The van der Waals surface area contributed by atoms with E-state index in [-0.39, 0.29) is 5.91 Å². The molecule has 5 nitrogen and oxygen atoms in total. The van der Waals surface area contributed by atoms with Crippen LogP contribution in [-0.2, 0) is 17.8 Å². The average molecular weight is 369 g/mol. The van der Waals surface area contributed by atoms with Gasteiger partial charge in [0, 0.05) is 31.2 Å². The molecule has 134 valence electrons. The van der Waals surface area contributed by atoms with Gasteiger partial charge in [0.05, 0.1) is 24.0 Å². The first-order chi connectivity index (χ1) is 12.7. The highest BCUT2D eigenvalue weighted by molar-refractivity contribution is 6.30. The Bertz CT molecular complexity index is 865. The van der Waals surface area contributed by atoms with Gasteiger partial charge in [-0.2, -0.15) is 0 Å². The molecule has 26 heavy (non-hydrogen) atoms. The molecule has 1 saturated heterocycles. The molecular formula is C20H21ClN4O. The number of para-hydroxylation sites is 2.